The van der Waals surface area contributed by atoms with Crippen LogP contribution < -0.4 is 11.6 Å². The summed E-state index contributed by atoms with van der Waals surface area (Å²) in [5.41, 5.74) is 9.25. The van der Waals surface area contributed by atoms with Crippen LogP contribution in [0.2, 0.25) is 0 Å². The van der Waals surface area contributed by atoms with Crippen molar-refractivity contribution in [3.05, 3.63) is 54.2 Å². The quantitative estimate of drug-likeness (QED) is 0.547. The first-order chi connectivity index (χ1) is 10.2. The minimum Gasteiger partial charge on any atom is -0.469 e. The number of anilines is 1. The predicted octanol–water partition coefficient (Wildman–Crippen LogP) is 2.06. The van der Waals surface area contributed by atoms with Crippen molar-refractivity contribution in [3.8, 4) is 0 Å². The molecular formula is C15H13N5O. The second kappa shape index (κ2) is 4.24. The number of nitrogens with zero attached hydrogens (tertiary/aromatic N) is 3. The first kappa shape index (κ1) is 11.8. The van der Waals surface area contributed by atoms with E-state index >= 15 is 0 Å². The van der Waals surface area contributed by atoms with E-state index < -0.39 is 0 Å². The summed E-state index contributed by atoms with van der Waals surface area (Å²) in [5.74, 6) is 7.27. The SMILES string of the molecule is Nc1nc2cccc(Cc3ccco3)c2c2c1ncn2N. The molecule has 0 saturated heterocycles. The van der Waals surface area contributed by atoms with Gasteiger partial charge in [0.15, 0.2) is 5.82 Å². The predicted molar refractivity (Wildman–Crippen MR) is 81.1 cm³/mol. The zero-order chi connectivity index (χ0) is 14.4. The minimum absolute atomic E-state index is 0.386. The molecule has 21 heavy (non-hydrogen) atoms. The molecule has 6 nitrogen and oxygen atoms in total. The highest BCUT2D eigenvalue weighted by Gasteiger charge is 2.15. The summed E-state index contributed by atoms with van der Waals surface area (Å²) < 4.78 is 6.92. The molecular weight excluding hydrogens is 266 g/mol. The van der Waals surface area contributed by atoms with E-state index in [2.05, 4.69) is 9.97 Å². The molecule has 0 saturated carbocycles. The van der Waals surface area contributed by atoms with Gasteiger partial charge >= 0.3 is 0 Å². The van der Waals surface area contributed by atoms with Crippen molar-refractivity contribution in [3.63, 3.8) is 0 Å². The van der Waals surface area contributed by atoms with Crippen molar-refractivity contribution in [1.29, 1.82) is 0 Å². The minimum atomic E-state index is 0.386. The van der Waals surface area contributed by atoms with Crippen LogP contribution >= 0.6 is 0 Å². The second-order valence-corrected chi connectivity index (χ2v) is 4.91. The Hall–Kier alpha value is -3.02. The highest BCUT2D eigenvalue weighted by molar-refractivity contribution is 6.08. The third-order valence-electron chi connectivity index (χ3n) is 3.59. The lowest BCUT2D eigenvalue weighted by molar-refractivity contribution is 0.521. The summed E-state index contributed by atoms with van der Waals surface area (Å²) in [7, 11) is 0. The number of hydrogen-bond acceptors (Lipinski definition) is 5. The van der Waals surface area contributed by atoms with E-state index in [0.717, 1.165) is 27.7 Å². The van der Waals surface area contributed by atoms with E-state index in [4.69, 9.17) is 16.0 Å². The lowest BCUT2D eigenvalue weighted by atomic mass is 10.0. The van der Waals surface area contributed by atoms with Gasteiger partial charge in [-0.05, 0) is 23.8 Å². The van der Waals surface area contributed by atoms with E-state index in [1.54, 1.807) is 12.6 Å². The van der Waals surface area contributed by atoms with Crippen molar-refractivity contribution in [2.24, 2.45) is 0 Å². The number of aromatic nitrogens is 3. The summed E-state index contributed by atoms with van der Waals surface area (Å²) >= 11 is 0. The molecule has 0 unspecified atom stereocenters. The fourth-order valence-electron chi connectivity index (χ4n) is 2.68. The molecule has 0 amide bonds. The average Bonchev–Trinajstić information content (AvgIpc) is 3.10. The van der Waals surface area contributed by atoms with Gasteiger partial charge in [-0.2, -0.15) is 0 Å². The van der Waals surface area contributed by atoms with Gasteiger partial charge in [0.25, 0.3) is 0 Å². The molecule has 0 aliphatic rings. The Morgan fingerprint density at radius 1 is 1.19 bits per heavy atom. The number of nitrogens with two attached hydrogens (primary N) is 2. The van der Waals surface area contributed by atoms with Crippen LogP contribution in [0.25, 0.3) is 21.9 Å². The maximum atomic E-state index is 6.00. The van der Waals surface area contributed by atoms with Gasteiger partial charge in [0.1, 0.15) is 23.1 Å². The average molecular weight is 279 g/mol. The van der Waals surface area contributed by atoms with Crippen LogP contribution in [-0.4, -0.2) is 14.6 Å². The zero-order valence-electron chi connectivity index (χ0n) is 11.2. The van der Waals surface area contributed by atoms with Crippen molar-refractivity contribution < 1.29 is 4.42 Å². The molecule has 0 bridgehead atoms. The van der Waals surface area contributed by atoms with Gasteiger partial charge in [-0.1, -0.05) is 12.1 Å². The maximum absolute atomic E-state index is 6.00. The molecule has 4 rings (SSSR count). The topological polar surface area (TPSA) is 95.9 Å². The number of rotatable bonds is 2. The number of nitrogen functional groups attached to an aromatic ring is 2. The van der Waals surface area contributed by atoms with Crippen molar-refractivity contribution >= 4 is 27.8 Å². The van der Waals surface area contributed by atoms with E-state index in [0.29, 0.717) is 17.8 Å². The highest BCUT2D eigenvalue weighted by Crippen LogP contribution is 2.30. The Bertz CT molecular complexity index is 940. The third kappa shape index (κ3) is 1.73. The monoisotopic (exact) mass is 279 g/mol. The van der Waals surface area contributed by atoms with E-state index in [-0.39, 0.29) is 0 Å². The van der Waals surface area contributed by atoms with Gasteiger partial charge in [-0.15, -0.1) is 0 Å². The summed E-state index contributed by atoms with van der Waals surface area (Å²) in [6.45, 7) is 0. The third-order valence-corrected chi connectivity index (χ3v) is 3.59. The number of fused-ring (bicyclic) bond motifs is 3. The largest absolute Gasteiger partial charge is 0.469 e. The first-order valence-corrected chi connectivity index (χ1v) is 6.55. The van der Waals surface area contributed by atoms with Gasteiger partial charge < -0.3 is 16.0 Å². The van der Waals surface area contributed by atoms with Gasteiger partial charge in [-0.3, -0.25) is 0 Å². The first-order valence-electron chi connectivity index (χ1n) is 6.55. The number of pyridine rings is 1. The Morgan fingerprint density at radius 2 is 2.10 bits per heavy atom. The van der Waals surface area contributed by atoms with Crippen LogP contribution in [0, 0.1) is 0 Å². The molecule has 0 radical (unpaired) electrons. The molecule has 4 aromatic rings. The van der Waals surface area contributed by atoms with Crippen molar-refractivity contribution in [2.75, 3.05) is 11.6 Å². The van der Waals surface area contributed by atoms with Crippen LogP contribution in [0.4, 0.5) is 5.82 Å². The Morgan fingerprint density at radius 3 is 2.90 bits per heavy atom. The molecule has 0 atom stereocenters. The number of imidazole rings is 1. The molecule has 0 aliphatic carbocycles. The van der Waals surface area contributed by atoms with E-state index in [9.17, 15) is 0 Å². The normalized spacial score (nSPS) is 11.4. The standard InChI is InChI=1S/C15H13N5O/c16-15-13-14(20(17)8-18-13)12-9(3-1-5-11(12)19-15)7-10-4-2-6-21-10/h1-6,8H,7,17H2,(H2,16,19). The fourth-order valence-corrected chi connectivity index (χ4v) is 2.68. The van der Waals surface area contributed by atoms with Crippen molar-refractivity contribution in [2.45, 2.75) is 6.42 Å². The Labute approximate surface area is 120 Å². The maximum Gasteiger partial charge on any atom is 0.152 e. The Balaban J connectivity index is 2.07. The fraction of sp³-hybridized carbons (Fsp3) is 0.0667. The van der Waals surface area contributed by atoms with E-state index in [1.807, 2.05) is 30.3 Å². The molecule has 1 aromatic carbocycles. The van der Waals surface area contributed by atoms with Crippen LogP contribution in [-0.2, 0) is 6.42 Å². The van der Waals surface area contributed by atoms with Gasteiger partial charge in [0.2, 0.25) is 0 Å². The summed E-state index contributed by atoms with van der Waals surface area (Å²) in [6.07, 6.45) is 3.88. The lowest BCUT2D eigenvalue weighted by Gasteiger charge is -2.08. The molecule has 104 valence electrons. The number of benzene rings is 1. The van der Waals surface area contributed by atoms with Crippen LogP contribution in [0.5, 0.6) is 0 Å². The zero-order valence-corrected chi connectivity index (χ0v) is 11.2. The summed E-state index contributed by atoms with van der Waals surface area (Å²) in [4.78, 5) is 8.66. The van der Waals surface area contributed by atoms with Gasteiger partial charge in [-0.25, -0.2) is 14.6 Å². The molecule has 4 N–H and O–H groups in total. The molecule has 0 aliphatic heterocycles. The molecule has 3 aromatic heterocycles. The Kier molecular flexibility index (Phi) is 2.38. The second-order valence-electron chi connectivity index (χ2n) is 4.91. The van der Waals surface area contributed by atoms with E-state index in [1.165, 1.54) is 4.68 Å². The number of hydrogen-bond donors (Lipinski definition) is 2. The molecule has 0 spiro atoms. The molecule has 6 heteroatoms. The number of furan rings is 1. The van der Waals surface area contributed by atoms with Gasteiger partial charge in [0.05, 0.1) is 11.8 Å². The highest BCUT2D eigenvalue weighted by atomic mass is 16.3. The lowest BCUT2D eigenvalue weighted by Crippen LogP contribution is -2.07. The van der Waals surface area contributed by atoms with Crippen LogP contribution in [0.1, 0.15) is 11.3 Å². The van der Waals surface area contributed by atoms with Gasteiger partial charge in [0, 0.05) is 11.8 Å². The molecule has 0 fully saturated rings. The summed E-state index contributed by atoms with van der Waals surface area (Å²) in [5, 5.41) is 0.957. The van der Waals surface area contributed by atoms with Crippen LogP contribution in [0.3, 0.4) is 0 Å². The smallest absolute Gasteiger partial charge is 0.152 e. The van der Waals surface area contributed by atoms with Crippen molar-refractivity contribution in [1.82, 2.24) is 14.6 Å². The van der Waals surface area contributed by atoms with Crippen LogP contribution in [0.15, 0.2) is 47.3 Å². The summed E-state index contributed by atoms with van der Waals surface area (Å²) in [6, 6.07) is 9.73. The molecule has 3 heterocycles.